The second-order valence-electron chi connectivity index (χ2n) is 2.38. The maximum Gasteiger partial charge on any atom is 0.243 e. The molecule has 7 heteroatoms. The first-order chi connectivity index (χ1) is 6.40. The molecule has 0 saturated carbocycles. The highest BCUT2D eigenvalue weighted by atomic mass is 127. The Morgan fingerprint density at radius 3 is 2.43 bits per heavy atom. The van der Waals surface area contributed by atoms with E-state index >= 15 is 0 Å². The first-order valence-corrected chi connectivity index (χ1v) is 6.03. The van der Waals surface area contributed by atoms with Crippen molar-refractivity contribution in [2.24, 2.45) is 0 Å². The molecule has 0 saturated heterocycles. The monoisotopic (exact) mass is 333 g/mol. The summed E-state index contributed by atoms with van der Waals surface area (Å²) in [6.07, 6.45) is 0. The molecule has 1 aromatic carbocycles. The maximum absolute atomic E-state index is 13.3. The molecule has 0 spiro atoms. The lowest BCUT2D eigenvalue weighted by Gasteiger charge is -2.05. The summed E-state index contributed by atoms with van der Waals surface area (Å²) >= 11 is 1.41. The normalized spacial score (nSPS) is 11.7. The lowest BCUT2D eigenvalue weighted by molar-refractivity contribution is 0.537. The minimum absolute atomic E-state index is 0.334. The average molecular weight is 333 g/mol. The molecule has 0 amide bonds. The predicted octanol–water partition coefficient (Wildman–Crippen LogP) is 1.48. The van der Waals surface area contributed by atoms with Gasteiger partial charge in [-0.2, -0.15) is 0 Å². The molecule has 0 bridgehead atoms. The first-order valence-electron chi connectivity index (χ1n) is 3.47. The van der Waals surface area contributed by atoms with Crippen molar-refractivity contribution >= 4 is 32.6 Å². The average Bonchev–Trinajstić information content (AvgIpc) is 2.14. The Morgan fingerprint density at radius 2 is 1.93 bits per heavy atom. The van der Waals surface area contributed by atoms with Crippen LogP contribution in [0.15, 0.2) is 17.0 Å². The van der Waals surface area contributed by atoms with Crippen LogP contribution < -0.4 is 4.72 Å². The second kappa shape index (κ2) is 4.07. The van der Waals surface area contributed by atoms with E-state index in [0.29, 0.717) is 0 Å². The van der Waals surface area contributed by atoms with E-state index in [1.54, 1.807) is 0 Å². The number of hydrogen-bond donors (Lipinski definition) is 1. The Kier molecular flexibility index (Phi) is 3.43. The van der Waals surface area contributed by atoms with Gasteiger partial charge < -0.3 is 0 Å². The fourth-order valence-corrected chi connectivity index (χ4v) is 2.28. The molecule has 0 radical (unpaired) electrons. The van der Waals surface area contributed by atoms with Crippen LogP contribution >= 0.6 is 22.6 Å². The molecule has 0 unspecified atom stereocenters. The van der Waals surface area contributed by atoms with Crippen LogP contribution in [0.25, 0.3) is 0 Å². The molecule has 1 N–H and O–H groups in total. The summed E-state index contributed by atoms with van der Waals surface area (Å²) in [5.74, 6) is -1.85. The molecule has 0 atom stereocenters. The van der Waals surface area contributed by atoms with E-state index in [1.807, 2.05) is 4.72 Å². The molecule has 3 nitrogen and oxygen atoms in total. The SMILES string of the molecule is CNS(=O)(=O)c1ccc(F)c(I)c1F. The molecule has 14 heavy (non-hydrogen) atoms. The van der Waals surface area contributed by atoms with Crippen LogP contribution in [0.3, 0.4) is 0 Å². The van der Waals surface area contributed by atoms with Crippen LogP contribution in [0.5, 0.6) is 0 Å². The smallest absolute Gasteiger partial charge is 0.214 e. The molecule has 0 fully saturated rings. The van der Waals surface area contributed by atoms with E-state index in [4.69, 9.17) is 0 Å². The van der Waals surface area contributed by atoms with Crippen LogP contribution in [0.1, 0.15) is 0 Å². The molecule has 0 aromatic heterocycles. The third-order valence-corrected chi connectivity index (χ3v) is 3.98. The van der Waals surface area contributed by atoms with Crippen molar-refractivity contribution in [3.8, 4) is 0 Å². The molecular formula is C7H6F2INO2S. The van der Waals surface area contributed by atoms with Crippen molar-refractivity contribution in [3.63, 3.8) is 0 Å². The summed E-state index contributed by atoms with van der Waals surface area (Å²) in [5.41, 5.74) is 0. The van der Waals surface area contributed by atoms with Gasteiger partial charge in [-0.25, -0.2) is 21.9 Å². The Bertz CT molecular complexity index is 461. The van der Waals surface area contributed by atoms with E-state index in [9.17, 15) is 17.2 Å². The molecular weight excluding hydrogens is 327 g/mol. The summed E-state index contributed by atoms with van der Waals surface area (Å²) in [5, 5.41) is 0. The van der Waals surface area contributed by atoms with E-state index in [-0.39, 0.29) is 3.57 Å². The van der Waals surface area contributed by atoms with Crippen LogP contribution in [0, 0.1) is 15.2 Å². The number of halogens is 3. The summed E-state index contributed by atoms with van der Waals surface area (Å²) in [6.45, 7) is 0. The Balaban J connectivity index is 3.47. The highest BCUT2D eigenvalue weighted by Gasteiger charge is 2.20. The Labute approximate surface area is 93.7 Å². The van der Waals surface area contributed by atoms with Gasteiger partial charge in [0.2, 0.25) is 10.0 Å². The topological polar surface area (TPSA) is 46.2 Å². The predicted molar refractivity (Wildman–Crippen MR) is 55.3 cm³/mol. The van der Waals surface area contributed by atoms with Gasteiger partial charge in [0.15, 0.2) is 5.82 Å². The summed E-state index contributed by atoms with van der Waals surface area (Å²) in [4.78, 5) is -0.550. The van der Waals surface area contributed by atoms with Crippen LogP contribution in [0.2, 0.25) is 0 Å². The van der Waals surface area contributed by atoms with Gasteiger partial charge in [0.25, 0.3) is 0 Å². The molecule has 0 aliphatic carbocycles. The fraction of sp³-hybridized carbons (Fsp3) is 0.143. The number of hydrogen-bond acceptors (Lipinski definition) is 2. The largest absolute Gasteiger partial charge is 0.243 e. The zero-order valence-electron chi connectivity index (χ0n) is 7.01. The number of benzene rings is 1. The van der Waals surface area contributed by atoms with Crippen LogP contribution in [0.4, 0.5) is 8.78 Å². The van der Waals surface area contributed by atoms with Gasteiger partial charge in [0, 0.05) is 0 Å². The van der Waals surface area contributed by atoms with Crippen molar-refractivity contribution in [2.45, 2.75) is 4.90 Å². The number of sulfonamides is 1. The van der Waals surface area contributed by atoms with Crippen LogP contribution in [-0.4, -0.2) is 15.5 Å². The van der Waals surface area contributed by atoms with E-state index < -0.39 is 26.6 Å². The van der Waals surface area contributed by atoms with Crippen molar-refractivity contribution < 1.29 is 17.2 Å². The van der Waals surface area contributed by atoms with Gasteiger partial charge >= 0.3 is 0 Å². The minimum Gasteiger partial charge on any atom is -0.214 e. The van der Waals surface area contributed by atoms with Gasteiger partial charge in [0.1, 0.15) is 10.7 Å². The Hall–Kier alpha value is -0.280. The molecule has 0 heterocycles. The lowest BCUT2D eigenvalue weighted by atomic mass is 10.3. The summed E-state index contributed by atoms with van der Waals surface area (Å²) in [7, 11) is -2.71. The van der Waals surface area contributed by atoms with Gasteiger partial charge in [-0.1, -0.05) is 0 Å². The van der Waals surface area contributed by atoms with E-state index in [1.165, 1.54) is 22.6 Å². The molecule has 0 aliphatic rings. The highest BCUT2D eigenvalue weighted by Crippen LogP contribution is 2.21. The number of nitrogens with one attached hydrogen (secondary N) is 1. The summed E-state index contributed by atoms with van der Waals surface area (Å²) in [6, 6.07) is 1.80. The highest BCUT2D eigenvalue weighted by molar-refractivity contribution is 14.1. The van der Waals surface area contributed by atoms with Gasteiger partial charge in [0.05, 0.1) is 3.57 Å². The van der Waals surface area contributed by atoms with Crippen molar-refractivity contribution in [2.75, 3.05) is 7.05 Å². The zero-order chi connectivity index (χ0) is 10.9. The minimum atomic E-state index is -3.86. The van der Waals surface area contributed by atoms with E-state index in [0.717, 1.165) is 19.2 Å². The standard InChI is InChI=1S/C7H6F2INO2S/c1-11-14(12,13)5-3-2-4(8)7(10)6(5)9/h2-3,11H,1H3. The van der Waals surface area contributed by atoms with Gasteiger partial charge in [-0.15, -0.1) is 0 Å². The first kappa shape index (κ1) is 11.8. The van der Waals surface area contributed by atoms with E-state index in [2.05, 4.69) is 0 Å². The molecule has 1 rings (SSSR count). The Morgan fingerprint density at radius 1 is 1.36 bits per heavy atom. The fourth-order valence-electron chi connectivity index (χ4n) is 0.826. The summed E-state index contributed by atoms with van der Waals surface area (Å²) < 4.78 is 50.1. The van der Waals surface area contributed by atoms with Crippen molar-refractivity contribution in [1.82, 2.24) is 4.72 Å². The lowest BCUT2D eigenvalue weighted by Crippen LogP contribution is -2.20. The third-order valence-electron chi connectivity index (χ3n) is 1.56. The van der Waals surface area contributed by atoms with Crippen molar-refractivity contribution in [3.05, 3.63) is 27.3 Å². The zero-order valence-corrected chi connectivity index (χ0v) is 9.99. The maximum atomic E-state index is 13.3. The van der Waals surface area contributed by atoms with Gasteiger partial charge in [-0.05, 0) is 41.8 Å². The third kappa shape index (κ3) is 2.04. The van der Waals surface area contributed by atoms with Crippen molar-refractivity contribution in [1.29, 1.82) is 0 Å². The quantitative estimate of drug-likeness (QED) is 0.658. The molecule has 0 aliphatic heterocycles. The second-order valence-corrected chi connectivity index (χ2v) is 5.31. The number of rotatable bonds is 2. The van der Waals surface area contributed by atoms with Crippen LogP contribution in [-0.2, 0) is 10.0 Å². The molecule has 78 valence electrons. The molecule has 1 aromatic rings. The van der Waals surface area contributed by atoms with Gasteiger partial charge in [-0.3, -0.25) is 0 Å².